The van der Waals surface area contributed by atoms with Crippen molar-refractivity contribution in [2.75, 3.05) is 5.32 Å². The molecule has 0 spiro atoms. The highest BCUT2D eigenvalue weighted by Crippen LogP contribution is 2.27. The number of benzene rings is 1. The maximum Gasteiger partial charge on any atom is 0.259 e. The number of aromatic amines is 1. The smallest absolute Gasteiger partial charge is 0.259 e. The molecule has 27 heavy (non-hydrogen) atoms. The van der Waals surface area contributed by atoms with Crippen molar-refractivity contribution in [3.8, 4) is 0 Å². The van der Waals surface area contributed by atoms with E-state index >= 15 is 0 Å². The number of thioether (sulfide) groups is 1. The molecule has 2 heterocycles. The number of anilines is 1. The molecule has 0 saturated heterocycles. The van der Waals surface area contributed by atoms with E-state index in [1.165, 1.54) is 35.2 Å². The van der Waals surface area contributed by atoms with E-state index in [0.29, 0.717) is 27.5 Å². The molecule has 3 aromatic rings. The molecule has 0 saturated carbocycles. The van der Waals surface area contributed by atoms with Crippen molar-refractivity contribution in [3.05, 3.63) is 55.7 Å². The summed E-state index contributed by atoms with van der Waals surface area (Å²) in [5, 5.41) is 3.03. The van der Waals surface area contributed by atoms with Gasteiger partial charge in [0.25, 0.3) is 5.56 Å². The fourth-order valence-electron chi connectivity index (χ4n) is 2.47. The fraction of sp³-hybridized carbons (Fsp3) is 0.278. The van der Waals surface area contributed by atoms with Crippen LogP contribution in [0.2, 0.25) is 5.02 Å². The number of amides is 1. The number of aryl methyl sites for hydroxylation is 2. The van der Waals surface area contributed by atoms with E-state index in [1.54, 1.807) is 6.92 Å². The largest absolute Gasteiger partial charge is 0.324 e. The lowest BCUT2D eigenvalue weighted by atomic mass is 10.2. The van der Waals surface area contributed by atoms with Gasteiger partial charge >= 0.3 is 0 Å². The van der Waals surface area contributed by atoms with Crippen molar-refractivity contribution < 1.29 is 9.18 Å². The van der Waals surface area contributed by atoms with Gasteiger partial charge in [0.2, 0.25) is 5.91 Å². The summed E-state index contributed by atoms with van der Waals surface area (Å²) in [5.41, 5.74) is 1.15. The molecule has 0 radical (unpaired) electrons. The number of fused-ring (bicyclic) bond motifs is 1. The molecule has 0 aliphatic rings. The van der Waals surface area contributed by atoms with Crippen LogP contribution in [0.5, 0.6) is 0 Å². The summed E-state index contributed by atoms with van der Waals surface area (Å²) in [6.45, 7) is 5.61. The molecule has 2 N–H and O–H groups in total. The summed E-state index contributed by atoms with van der Waals surface area (Å²) in [7, 11) is 0. The Morgan fingerprint density at radius 2 is 2.19 bits per heavy atom. The Kier molecular flexibility index (Phi) is 5.88. The van der Waals surface area contributed by atoms with Crippen molar-refractivity contribution in [1.29, 1.82) is 0 Å². The van der Waals surface area contributed by atoms with Gasteiger partial charge in [0, 0.05) is 4.88 Å². The van der Waals surface area contributed by atoms with Crippen molar-refractivity contribution in [3.63, 3.8) is 0 Å². The minimum absolute atomic E-state index is 0.139. The topological polar surface area (TPSA) is 74.8 Å². The number of thiophene rings is 1. The van der Waals surface area contributed by atoms with Crippen LogP contribution in [0.3, 0.4) is 0 Å². The van der Waals surface area contributed by atoms with E-state index in [0.717, 1.165) is 16.5 Å². The first-order valence-corrected chi connectivity index (χ1v) is 10.4. The lowest BCUT2D eigenvalue weighted by Gasteiger charge is -2.12. The van der Waals surface area contributed by atoms with Gasteiger partial charge in [-0.15, -0.1) is 23.1 Å². The molecule has 0 bridgehead atoms. The number of hydrogen-bond donors (Lipinski definition) is 2. The zero-order chi connectivity index (χ0) is 19.7. The van der Waals surface area contributed by atoms with E-state index in [9.17, 15) is 14.0 Å². The highest BCUT2D eigenvalue weighted by molar-refractivity contribution is 7.99. The Balaban J connectivity index is 1.68. The average molecular weight is 426 g/mol. The molecular formula is C18H17ClFN3O2S2. The van der Waals surface area contributed by atoms with E-state index in [2.05, 4.69) is 15.3 Å². The highest BCUT2D eigenvalue weighted by atomic mass is 35.5. The molecule has 1 atom stereocenters. The average Bonchev–Trinajstić information content (AvgIpc) is 2.89. The van der Waals surface area contributed by atoms with Crippen LogP contribution in [0, 0.1) is 19.7 Å². The summed E-state index contributed by atoms with van der Waals surface area (Å²) < 4.78 is 13.1. The lowest BCUT2D eigenvalue weighted by molar-refractivity contribution is -0.115. The minimum atomic E-state index is -0.468. The second kappa shape index (κ2) is 8.00. The summed E-state index contributed by atoms with van der Waals surface area (Å²) in [4.78, 5) is 33.7. The molecule has 5 nitrogen and oxygen atoms in total. The number of aromatic nitrogens is 2. The van der Waals surface area contributed by atoms with Crippen molar-refractivity contribution in [2.24, 2.45) is 0 Å². The fourth-order valence-corrected chi connectivity index (χ4v) is 4.49. The van der Waals surface area contributed by atoms with Gasteiger partial charge in [0.1, 0.15) is 16.5 Å². The molecule has 0 aliphatic carbocycles. The van der Waals surface area contributed by atoms with Crippen LogP contribution in [0.25, 0.3) is 10.2 Å². The van der Waals surface area contributed by atoms with Crippen LogP contribution >= 0.6 is 34.7 Å². The summed E-state index contributed by atoms with van der Waals surface area (Å²) in [5.74, 6) is 0.176. The second-order valence-electron chi connectivity index (χ2n) is 6.04. The maximum atomic E-state index is 13.1. The van der Waals surface area contributed by atoms with Crippen LogP contribution < -0.4 is 10.9 Å². The molecule has 9 heteroatoms. The van der Waals surface area contributed by atoms with Gasteiger partial charge in [-0.2, -0.15) is 0 Å². The van der Waals surface area contributed by atoms with Gasteiger partial charge in [-0.1, -0.05) is 11.6 Å². The minimum Gasteiger partial charge on any atom is -0.324 e. The molecule has 0 fully saturated rings. The Morgan fingerprint density at radius 3 is 2.89 bits per heavy atom. The monoisotopic (exact) mass is 425 g/mol. The first-order valence-electron chi connectivity index (χ1n) is 8.12. The van der Waals surface area contributed by atoms with E-state index in [4.69, 9.17) is 11.6 Å². The van der Waals surface area contributed by atoms with E-state index in [-0.39, 0.29) is 16.5 Å². The number of nitrogens with one attached hydrogen (secondary N) is 2. The quantitative estimate of drug-likeness (QED) is 0.623. The number of halogens is 2. The van der Waals surface area contributed by atoms with Gasteiger partial charge in [-0.3, -0.25) is 9.59 Å². The molecule has 3 rings (SSSR count). The van der Waals surface area contributed by atoms with Gasteiger partial charge in [0.15, 0.2) is 0 Å². The standard InChI is InChI=1S/C18H17ClFN3O2S2/c1-8-9(2)27-18-15(8)17(25)22-14(23-18)7-26-10(3)16(24)21-13-5-4-11(20)6-12(13)19/h4-6,10H,7H2,1-3H3,(H,21,24)(H,22,23,25). The number of hydrogen-bond acceptors (Lipinski definition) is 5. The zero-order valence-corrected chi connectivity index (χ0v) is 17.2. The number of rotatable bonds is 5. The highest BCUT2D eigenvalue weighted by Gasteiger charge is 2.17. The van der Waals surface area contributed by atoms with Crippen LogP contribution in [0.1, 0.15) is 23.2 Å². The summed E-state index contributed by atoms with van der Waals surface area (Å²) in [6, 6.07) is 3.79. The van der Waals surface area contributed by atoms with Crippen LogP contribution in [0.4, 0.5) is 10.1 Å². The first kappa shape index (κ1) is 19.9. The Labute approximate surface area is 168 Å². The molecular weight excluding hydrogens is 409 g/mol. The first-order chi connectivity index (χ1) is 12.8. The van der Waals surface area contributed by atoms with Crippen molar-refractivity contribution in [2.45, 2.75) is 31.8 Å². The molecule has 142 valence electrons. The Hall–Kier alpha value is -1.90. The third kappa shape index (κ3) is 4.34. The van der Waals surface area contributed by atoms with Crippen LogP contribution in [0.15, 0.2) is 23.0 Å². The van der Waals surface area contributed by atoms with Crippen LogP contribution in [-0.4, -0.2) is 21.1 Å². The van der Waals surface area contributed by atoms with Gasteiger partial charge < -0.3 is 10.3 Å². The Bertz CT molecular complexity index is 1080. The molecule has 0 aliphatic heterocycles. The number of nitrogens with zero attached hydrogens (tertiary/aromatic N) is 1. The predicted octanol–water partition coefficient (Wildman–Crippen LogP) is 4.65. The zero-order valence-electron chi connectivity index (χ0n) is 14.9. The molecule has 1 amide bonds. The number of H-pyrrole nitrogens is 1. The number of carbonyl (C=O) groups is 1. The second-order valence-corrected chi connectivity index (χ2v) is 8.98. The van der Waals surface area contributed by atoms with Crippen LogP contribution in [-0.2, 0) is 10.5 Å². The van der Waals surface area contributed by atoms with Crippen molar-refractivity contribution in [1.82, 2.24) is 9.97 Å². The normalized spacial score (nSPS) is 12.3. The third-order valence-corrected chi connectivity index (χ3v) is 6.68. The van der Waals surface area contributed by atoms with Gasteiger partial charge in [-0.25, -0.2) is 9.37 Å². The van der Waals surface area contributed by atoms with Crippen molar-refractivity contribution >= 4 is 56.5 Å². The SMILES string of the molecule is Cc1sc2nc(CSC(C)C(=O)Nc3ccc(F)cc3Cl)[nH]c(=O)c2c1C. The predicted molar refractivity (Wildman–Crippen MR) is 111 cm³/mol. The van der Waals surface area contributed by atoms with Gasteiger partial charge in [-0.05, 0) is 44.5 Å². The summed E-state index contributed by atoms with van der Waals surface area (Å²) in [6.07, 6.45) is 0. The summed E-state index contributed by atoms with van der Waals surface area (Å²) >= 11 is 8.75. The number of carbonyl (C=O) groups excluding carboxylic acids is 1. The van der Waals surface area contributed by atoms with Gasteiger partial charge in [0.05, 0.1) is 27.1 Å². The molecule has 1 unspecified atom stereocenters. The van der Waals surface area contributed by atoms with E-state index < -0.39 is 11.1 Å². The maximum absolute atomic E-state index is 13.1. The third-order valence-electron chi connectivity index (χ3n) is 4.12. The van der Waals surface area contributed by atoms with E-state index in [1.807, 2.05) is 13.8 Å². The Morgan fingerprint density at radius 1 is 1.44 bits per heavy atom. The lowest BCUT2D eigenvalue weighted by Crippen LogP contribution is -2.23. The molecule has 2 aromatic heterocycles. The molecule has 1 aromatic carbocycles.